The molecule has 0 N–H and O–H groups in total. The maximum absolute atomic E-state index is 11.9. The van der Waals surface area contributed by atoms with Gasteiger partial charge < -0.3 is 14.5 Å². The summed E-state index contributed by atoms with van der Waals surface area (Å²) in [4.78, 5) is 18.6. The minimum Gasteiger partial charge on any atom is -0.494 e. The normalized spacial score (nSPS) is 17.1. The number of nitrogens with zero attached hydrogens (tertiary/aromatic N) is 3. The number of anilines is 2. The van der Waals surface area contributed by atoms with Gasteiger partial charge in [-0.25, -0.2) is 0 Å². The first-order chi connectivity index (χ1) is 15.0. The number of carbonyl (C=O) groups is 1. The average molecular weight is 442 g/mol. The molecule has 0 atom stereocenters. The van der Waals surface area contributed by atoms with E-state index in [0.29, 0.717) is 13.0 Å². The summed E-state index contributed by atoms with van der Waals surface area (Å²) in [6.45, 7) is 8.15. The average Bonchev–Trinajstić information content (AvgIpc) is 2.79. The molecule has 2 heterocycles. The van der Waals surface area contributed by atoms with E-state index in [-0.39, 0.29) is 5.91 Å². The molecule has 2 aliphatic rings. The molecule has 0 bridgehead atoms. The zero-order chi connectivity index (χ0) is 21.8. The summed E-state index contributed by atoms with van der Waals surface area (Å²) in [6.07, 6.45) is 3.57. The Labute approximate surface area is 190 Å². The van der Waals surface area contributed by atoms with Crippen molar-refractivity contribution >= 4 is 28.9 Å². The van der Waals surface area contributed by atoms with Gasteiger partial charge >= 0.3 is 0 Å². The fourth-order valence-corrected chi connectivity index (χ4v) is 4.65. The highest BCUT2D eigenvalue weighted by molar-refractivity contribution is 6.31. The van der Waals surface area contributed by atoms with E-state index in [0.717, 1.165) is 68.4 Å². The second-order valence-corrected chi connectivity index (χ2v) is 8.92. The molecule has 0 aliphatic carbocycles. The molecule has 1 saturated heterocycles. The Hall–Kier alpha value is -2.24. The lowest BCUT2D eigenvalue weighted by molar-refractivity contribution is -0.118. The van der Waals surface area contributed by atoms with E-state index in [1.54, 1.807) is 4.90 Å². The summed E-state index contributed by atoms with van der Waals surface area (Å²) in [6, 6.07) is 12.3. The van der Waals surface area contributed by atoms with Crippen LogP contribution in [0.4, 0.5) is 11.4 Å². The van der Waals surface area contributed by atoms with Crippen LogP contribution in [0, 0.1) is 6.92 Å². The Kier molecular flexibility index (Phi) is 7.03. The van der Waals surface area contributed by atoms with Crippen LogP contribution >= 0.6 is 11.6 Å². The summed E-state index contributed by atoms with van der Waals surface area (Å²) in [5.74, 6) is 1.03. The van der Waals surface area contributed by atoms with Gasteiger partial charge in [-0.2, -0.15) is 0 Å². The Morgan fingerprint density at radius 1 is 1.00 bits per heavy atom. The van der Waals surface area contributed by atoms with Crippen LogP contribution in [0.25, 0.3) is 0 Å². The van der Waals surface area contributed by atoms with Crippen LogP contribution < -0.4 is 14.5 Å². The Morgan fingerprint density at radius 3 is 2.61 bits per heavy atom. The number of hydrogen-bond donors (Lipinski definition) is 0. The van der Waals surface area contributed by atoms with Crippen molar-refractivity contribution in [3.8, 4) is 5.75 Å². The summed E-state index contributed by atoms with van der Waals surface area (Å²) in [5, 5.41) is 0.845. The fraction of sp³-hybridized carbons (Fsp3) is 0.480. The van der Waals surface area contributed by atoms with E-state index in [1.165, 1.54) is 16.8 Å². The minimum absolute atomic E-state index is 0.176. The van der Waals surface area contributed by atoms with E-state index < -0.39 is 0 Å². The van der Waals surface area contributed by atoms with Gasteiger partial charge in [0.05, 0.1) is 12.3 Å². The molecule has 1 fully saturated rings. The quantitative estimate of drug-likeness (QED) is 0.591. The molecule has 2 aromatic carbocycles. The van der Waals surface area contributed by atoms with Crippen molar-refractivity contribution in [2.24, 2.45) is 0 Å². The Morgan fingerprint density at radius 2 is 1.81 bits per heavy atom. The second kappa shape index (κ2) is 9.92. The monoisotopic (exact) mass is 441 g/mol. The SMILES string of the molecule is Cc1c(Cl)cccc1N1CCN(CCCCOc2ccc3c(c2)N(C)C(=O)CC3)CC1. The van der Waals surface area contributed by atoms with Gasteiger partial charge in [-0.05, 0) is 62.1 Å². The smallest absolute Gasteiger partial charge is 0.227 e. The molecule has 1 amide bonds. The molecular weight excluding hydrogens is 410 g/mol. The van der Waals surface area contributed by atoms with Crippen molar-refractivity contribution < 1.29 is 9.53 Å². The number of piperazine rings is 1. The molecule has 5 nitrogen and oxygen atoms in total. The first kappa shape index (κ1) is 22.0. The number of benzene rings is 2. The fourth-order valence-electron chi connectivity index (χ4n) is 4.48. The standard InChI is InChI=1S/C25H32ClN3O2/c1-19-22(26)6-5-7-23(19)29-15-13-28(14-16-29)12-3-4-17-31-21-10-8-20-9-11-25(30)27(2)24(20)18-21/h5-8,10,18H,3-4,9,11-17H2,1-2H3. The van der Waals surface area contributed by atoms with Gasteiger partial charge in [-0.15, -0.1) is 0 Å². The van der Waals surface area contributed by atoms with E-state index in [4.69, 9.17) is 16.3 Å². The van der Waals surface area contributed by atoms with Crippen molar-refractivity contribution in [3.63, 3.8) is 0 Å². The predicted molar refractivity (Wildman–Crippen MR) is 128 cm³/mol. The van der Waals surface area contributed by atoms with Crippen molar-refractivity contribution in [2.45, 2.75) is 32.6 Å². The predicted octanol–water partition coefficient (Wildman–Crippen LogP) is 4.54. The van der Waals surface area contributed by atoms with Gasteiger partial charge in [0.25, 0.3) is 0 Å². The number of unbranched alkanes of at least 4 members (excludes halogenated alkanes) is 1. The largest absolute Gasteiger partial charge is 0.494 e. The van der Waals surface area contributed by atoms with Gasteiger partial charge in [-0.1, -0.05) is 23.7 Å². The van der Waals surface area contributed by atoms with Crippen LogP contribution in [-0.4, -0.2) is 57.2 Å². The molecular formula is C25H32ClN3O2. The Balaban J connectivity index is 1.17. The topological polar surface area (TPSA) is 36.0 Å². The highest BCUT2D eigenvalue weighted by Gasteiger charge is 2.21. The van der Waals surface area contributed by atoms with Gasteiger partial charge in [0, 0.05) is 56.4 Å². The molecule has 0 unspecified atom stereocenters. The van der Waals surface area contributed by atoms with E-state index >= 15 is 0 Å². The molecule has 0 spiro atoms. The van der Waals surface area contributed by atoms with E-state index in [9.17, 15) is 4.79 Å². The van der Waals surface area contributed by atoms with Gasteiger partial charge in [0.15, 0.2) is 0 Å². The van der Waals surface area contributed by atoms with Crippen molar-refractivity contribution in [2.75, 3.05) is 56.2 Å². The number of fused-ring (bicyclic) bond motifs is 1. The molecule has 0 aromatic heterocycles. The zero-order valence-electron chi connectivity index (χ0n) is 18.6. The molecule has 31 heavy (non-hydrogen) atoms. The first-order valence-corrected chi connectivity index (χ1v) is 11.7. The molecule has 4 rings (SSSR count). The lowest BCUT2D eigenvalue weighted by atomic mass is 10.0. The number of halogens is 1. The van der Waals surface area contributed by atoms with Crippen LogP contribution in [-0.2, 0) is 11.2 Å². The molecule has 6 heteroatoms. The number of amides is 1. The van der Waals surface area contributed by atoms with Crippen molar-refractivity contribution in [1.82, 2.24) is 4.90 Å². The summed E-state index contributed by atoms with van der Waals surface area (Å²) < 4.78 is 5.97. The highest BCUT2D eigenvalue weighted by Crippen LogP contribution is 2.31. The van der Waals surface area contributed by atoms with Crippen LogP contribution in [0.1, 0.15) is 30.4 Å². The summed E-state index contributed by atoms with van der Waals surface area (Å²) in [5.41, 5.74) is 4.65. The van der Waals surface area contributed by atoms with Crippen LogP contribution in [0.3, 0.4) is 0 Å². The van der Waals surface area contributed by atoms with Gasteiger partial charge in [0.1, 0.15) is 5.75 Å². The zero-order valence-corrected chi connectivity index (χ0v) is 19.3. The molecule has 0 saturated carbocycles. The maximum atomic E-state index is 11.9. The van der Waals surface area contributed by atoms with Gasteiger partial charge in [-0.3, -0.25) is 9.69 Å². The highest BCUT2D eigenvalue weighted by atomic mass is 35.5. The maximum Gasteiger partial charge on any atom is 0.227 e. The van der Waals surface area contributed by atoms with Crippen molar-refractivity contribution in [3.05, 3.63) is 52.5 Å². The third-order valence-electron chi connectivity index (χ3n) is 6.49. The number of aryl methyl sites for hydroxylation is 1. The lowest BCUT2D eigenvalue weighted by Crippen LogP contribution is -2.46. The molecule has 166 valence electrons. The summed E-state index contributed by atoms with van der Waals surface area (Å²) in [7, 11) is 1.84. The van der Waals surface area contributed by atoms with E-state index in [1.807, 2.05) is 31.3 Å². The van der Waals surface area contributed by atoms with Crippen molar-refractivity contribution in [1.29, 1.82) is 0 Å². The second-order valence-electron chi connectivity index (χ2n) is 8.51. The summed E-state index contributed by atoms with van der Waals surface area (Å²) >= 11 is 6.29. The molecule has 2 aromatic rings. The number of rotatable bonds is 7. The third kappa shape index (κ3) is 5.16. The lowest BCUT2D eigenvalue weighted by Gasteiger charge is -2.37. The number of carbonyl (C=O) groups excluding carboxylic acids is 1. The first-order valence-electron chi connectivity index (χ1n) is 11.3. The number of ether oxygens (including phenoxy) is 1. The minimum atomic E-state index is 0.176. The van der Waals surface area contributed by atoms with Gasteiger partial charge in [0.2, 0.25) is 5.91 Å². The third-order valence-corrected chi connectivity index (χ3v) is 6.90. The molecule has 2 aliphatic heterocycles. The van der Waals surface area contributed by atoms with Crippen LogP contribution in [0.2, 0.25) is 5.02 Å². The van der Waals surface area contributed by atoms with Crippen LogP contribution in [0.15, 0.2) is 36.4 Å². The molecule has 0 radical (unpaired) electrons. The van der Waals surface area contributed by atoms with E-state index in [2.05, 4.69) is 28.9 Å². The number of hydrogen-bond acceptors (Lipinski definition) is 4. The Bertz CT molecular complexity index is 925. The van der Waals surface area contributed by atoms with Crippen LogP contribution in [0.5, 0.6) is 5.75 Å².